The molecule has 0 radical (unpaired) electrons. The highest BCUT2D eigenvalue weighted by Crippen LogP contribution is 1.97. The van der Waals surface area contributed by atoms with Gasteiger partial charge in [-0.3, -0.25) is 0 Å². The van der Waals surface area contributed by atoms with Crippen molar-refractivity contribution in [2.45, 2.75) is 45.8 Å². The van der Waals surface area contributed by atoms with E-state index in [-0.39, 0.29) is 0 Å². The second-order valence-corrected chi connectivity index (χ2v) is 4.58. The summed E-state index contributed by atoms with van der Waals surface area (Å²) >= 11 is 0. The van der Waals surface area contributed by atoms with Gasteiger partial charge in [-0.25, -0.2) is 14.6 Å². The number of nitrogens with zero attached hydrogens (tertiary/aromatic N) is 5. The lowest BCUT2D eigenvalue weighted by molar-refractivity contribution is 0.524. The average Bonchev–Trinajstić information content (AvgIpc) is 3.06. The molecule has 0 aliphatic heterocycles. The van der Waals surface area contributed by atoms with Gasteiger partial charge in [-0.05, 0) is 25.8 Å². The molecule has 0 atom stereocenters. The average molecular weight is 262 g/mol. The van der Waals surface area contributed by atoms with Gasteiger partial charge in [0.25, 0.3) is 0 Å². The maximum Gasteiger partial charge on any atom is 0.140 e. The SMILES string of the molecule is CCCn1ncnc1CNCCCCn1ccnc1. The van der Waals surface area contributed by atoms with Crippen LogP contribution in [0.3, 0.4) is 0 Å². The molecule has 6 nitrogen and oxygen atoms in total. The standard InChI is InChI=1S/C13H22N6/c1-2-7-19-13(16-11-17-19)10-14-5-3-4-8-18-9-6-15-12-18/h6,9,11-12,14H,2-5,7-8,10H2,1H3. The first kappa shape index (κ1) is 13.7. The van der Waals surface area contributed by atoms with Crippen LogP contribution in [-0.2, 0) is 19.6 Å². The minimum atomic E-state index is 0.797. The molecule has 19 heavy (non-hydrogen) atoms. The van der Waals surface area contributed by atoms with E-state index < -0.39 is 0 Å². The first-order valence-electron chi connectivity index (χ1n) is 6.93. The molecule has 0 aliphatic rings. The first-order valence-corrected chi connectivity index (χ1v) is 6.93. The van der Waals surface area contributed by atoms with Gasteiger partial charge < -0.3 is 9.88 Å². The number of aromatic nitrogens is 5. The molecule has 2 aromatic heterocycles. The Morgan fingerprint density at radius 1 is 1.26 bits per heavy atom. The Balaban J connectivity index is 1.57. The molecule has 2 rings (SSSR count). The number of aryl methyl sites for hydroxylation is 2. The van der Waals surface area contributed by atoms with Crippen molar-refractivity contribution in [1.82, 2.24) is 29.6 Å². The topological polar surface area (TPSA) is 60.6 Å². The van der Waals surface area contributed by atoms with Crippen LogP contribution in [0, 0.1) is 0 Å². The quantitative estimate of drug-likeness (QED) is 0.695. The summed E-state index contributed by atoms with van der Waals surface area (Å²) < 4.78 is 4.08. The van der Waals surface area contributed by atoms with Crippen LogP contribution in [0.5, 0.6) is 0 Å². The predicted molar refractivity (Wildman–Crippen MR) is 73.5 cm³/mol. The molecular formula is C13H22N6. The molecule has 0 aromatic carbocycles. The van der Waals surface area contributed by atoms with Crippen LogP contribution in [0.15, 0.2) is 25.0 Å². The van der Waals surface area contributed by atoms with E-state index in [0.717, 1.165) is 51.3 Å². The normalized spacial score (nSPS) is 11.0. The van der Waals surface area contributed by atoms with Gasteiger partial charge >= 0.3 is 0 Å². The van der Waals surface area contributed by atoms with Crippen molar-refractivity contribution in [2.75, 3.05) is 6.54 Å². The Morgan fingerprint density at radius 2 is 2.21 bits per heavy atom. The van der Waals surface area contributed by atoms with Gasteiger partial charge in [0.1, 0.15) is 12.2 Å². The first-order chi connectivity index (χ1) is 9.40. The summed E-state index contributed by atoms with van der Waals surface area (Å²) in [7, 11) is 0. The number of unbranched alkanes of at least 4 members (excludes halogenated alkanes) is 1. The van der Waals surface area contributed by atoms with E-state index in [1.54, 1.807) is 6.33 Å². The Hall–Kier alpha value is -1.69. The zero-order valence-electron chi connectivity index (χ0n) is 11.5. The molecule has 2 heterocycles. The third-order valence-electron chi connectivity index (χ3n) is 2.99. The van der Waals surface area contributed by atoms with Gasteiger partial charge in [0, 0.05) is 25.5 Å². The van der Waals surface area contributed by atoms with Crippen LogP contribution in [0.1, 0.15) is 32.0 Å². The van der Waals surface area contributed by atoms with Crippen molar-refractivity contribution in [2.24, 2.45) is 0 Å². The number of nitrogens with one attached hydrogen (secondary N) is 1. The lowest BCUT2D eigenvalue weighted by Crippen LogP contribution is -2.19. The summed E-state index contributed by atoms with van der Waals surface area (Å²) in [6.45, 7) is 5.93. The van der Waals surface area contributed by atoms with E-state index in [1.807, 2.05) is 23.4 Å². The van der Waals surface area contributed by atoms with Crippen LogP contribution >= 0.6 is 0 Å². The van der Waals surface area contributed by atoms with Gasteiger partial charge in [0.2, 0.25) is 0 Å². The molecule has 0 amide bonds. The van der Waals surface area contributed by atoms with E-state index in [1.165, 1.54) is 0 Å². The molecule has 0 fully saturated rings. The van der Waals surface area contributed by atoms with Crippen molar-refractivity contribution in [3.05, 3.63) is 30.9 Å². The fourth-order valence-electron chi connectivity index (χ4n) is 1.99. The predicted octanol–water partition coefficient (Wildman–Crippen LogP) is 1.45. The van der Waals surface area contributed by atoms with Crippen LogP contribution < -0.4 is 5.32 Å². The minimum Gasteiger partial charge on any atom is -0.337 e. The van der Waals surface area contributed by atoms with Gasteiger partial charge in [-0.1, -0.05) is 6.92 Å². The van der Waals surface area contributed by atoms with Crippen LogP contribution in [0.4, 0.5) is 0 Å². The molecule has 6 heteroatoms. The molecule has 2 aromatic rings. The molecule has 0 unspecified atom stereocenters. The second kappa shape index (κ2) is 7.68. The Labute approximate surface area is 113 Å². The van der Waals surface area contributed by atoms with E-state index in [2.05, 4.69) is 31.9 Å². The fraction of sp³-hybridized carbons (Fsp3) is 0.615. The minimum absolute atomic E-state index is 0.797. The van der Waals surface area contributed by atoms with E-state index in [9.17, 15) is 0 Å². The highest BCUT2D eigenvalue weighted by atomic mass is 15.3. The third kappa shape index (κ3) is 4.48. The Morgan fingerprint density at radius 3 is 3.00 bits per heavy atom. The van der Waals surface area contributed by atoms with E-state index in [0.29, 0.717) is 0 Å². The molecule has 0 spiro atoms. The summed E-state index contributed by atoms with van der Waals surface area (Å²) in [5, 5.41) is 7.63. The monoisotopic (exact) mass is 262 g/mol. The lowest BCUT2D eigenvalue weighted by atomic mass is 10.3. The molecular weight excluding hydrogens is 240 g/mol. The maximum atomic E-state index is 4.27. The van der Waals surface area contributed by atoms with Gasteiger partial charge in [0.15, 0.2) is 0 Å². The smallest absolute Gasteiger partial charge is 0.140 e. The summed E-state index contributed by atoms with van der Waals surface area (Å²) in [4.78, 5) is 8.30. The van der Waals surface area contributed by atoms with Gasteiger partial charge in [0.05, 0.1) is 12.9 Å². The van der Waals surface area contributed by atoms with Crippen molar-refractivity contribution < 1.29 is 0 Å². The summed E-state index contributed by atoms with van der Waals surface area (Å²) in [5.74, 6) is 1.02. The number of rotatable bonds is 9. The lowest BCUT2D eigenvalue weighted by Gasteiger charge is -2.06. The zero-order valence-corrected chi connectivity index (χ0v) is 11.5. The third-order valence-corrected chi connectivity index (χ3v) is 2.99. The second-order valence-electron chi connectivity index (χ2n) is 4.58. The Bertz CT molecular complexity index is 447. The van der Waals surface area contributed by atoms with Crippen LogP contribution in [0.2, 0.25) is 0 Å². The largest absolute Gasteiger partial charge is 0.337 e. The summed E-state index contributed by atoms with van der Waals surface area (Å²) in [5.41, 5.74) is 0. The summed E-state index contributed by atoms with van der Waals surface area (Å²) in [6.07, 6.45) is 10.7. The van der Waals surface area contributed by atoms with Crippen molar-refractivity contribution in [3.63, 3.8) is 0 Å². The van der Waals surface area contributed by atoms with Crippen molar-refractivity contribution in [3.8, 4) is 0 Å². The number of hydrogen-bond acceptors (Lipinski definition) is 4. The number of hydrogen-bond donors (Lipinski definition) is 1. The molecule has 0 saturated carbocycles. The van der Waals surface area contributed by atoms with E-state index >= 15 is 0 Å². The maximum absolute atomic E-state index is 4.27. The summed E-state index contributed by atoms with van der Waals surface area (Å²) in [6, 6.07) is 0. The fourth-order valence-corrected chi connectivity index (χ4v) is 1.99. The van der Waals surface area contributed by atoms with Crippen LogP contribution in [-0.4, -0.2) is 30.9 Å². The molecule has 104 valence electrons. The molecule has 1 N–H and O–H groups in total. The molecule has 0 bridgehead atoms. The van der Waals surface area contributed by atoms with Crippen molar-refractivity contribution in [1.29, 1.82) is 0 Å². The zero-order chi connectivity index (χ0) is 13.3. The van der Waals surface area contributed by atoms with Gasteiger partial charge in [-0.2, -0.15) is 5.10 Å². The van der Waals surface area contributed by atoms with Gasteiger partial charge in [-0.15, -0.1) is 0 Å². The number of imidazole rings is 1. The molecule has 0 aliphatic carbocycles. The van der Waals surface area contributed by atoms with Crippen LogP contribution in [0.25, 0.3) is 0 Å². The highest BCUT2D eigenvalue weighted by Gasteiger charge is 2.02. The highest BCUT2D eigenvalue weighted by molar-refractivity contribution is 4.83. The molecule has 0 saturated heterocycles. The van der Waals surface area contributed by atoms with E-state index in [4.69, 9.17) is 0 Å². The van der Waals surface area contributed by atoms with Crippen molar-refractivity contribution >= 4 is 0 Å². The Kier molecular flexibility index (Phi) is 5.55.